The number of carbonyl (C=O) groups is 2. The van der Waals surface area contributed by atoms with Gasteiger partial charge in [0.1, 0.15) is 6.04 Å². The van der Waals surface area contributed by atoms with Gasteiger partial charge < -0.3 is 10.2 Å². The number of anilines is 1. The minimum Gasteiger partial charge on any atom is -0.352 e. The lowest BCUT2D eigenvalue weighted by Gasteiger charge is -2.33. The zero-order valence-electron chi connectivity index (χ0n) is 24.3. The molecular weight excluding hydrogens is 614 g/mol. The number of nitrogens with zero attached hydrogens (tertiary/aromatic N) is 2. The lowest BCUT2D eigenvalue weighted by molar-refractivity contribution is -0.141. The second-order valence-corrected chi connectivity index (χ2v) is 13.9. The number of hydrogen-bond donors (Lipinski definition) is 1. The summed E-state index contributed by atoms with van der Waals surface area (Å²) in [6, 6.07) is 24.3. The van der Waals surface area contributed by atoms with Gasteiger partial charge in [-0.25, -0.2) is 8.42 Å². The lowest BCUT2D eigenvalue weighted by atomic mass is 10.0. The van der Waals surface area contributed by atoms with Crippen LogP contribution in [0.3, 0.4) is 0 Å². The average Bonchev–Trinajstić information content (AvgIpc) is 3.47. The maximum Gasteiger partial charge on any atom is 0.243 e. The molecule has 0 radical (unpaired) electrons. The summed E-state index contributed by atoms with van der Waals surface area (Å²) in [6.07, 6.45) is 6.08. The van der Waals surface area contributed by atoms with E-state index in [9.17, 15) is 18.0 Å². The fraction of sp³-hybridized carbons (Fsp3) is 0.394. The second kappa shape index (κ2) is 14.8. The molecule has 3 aromatic carbocycles. The van der Waals surface area contributed by atoms with E-state index in [1.165, 1.54) is 10.6 Å². The highest BCUT2D eigenvalue weighted by Crippen LogP contribution is 2.23. The third kappa shape index (κ3) is 9.16. The molecule has 1 N–H and O–H groups in total. The molecule has 9 heteroatoms. The van der Waals surface area contributed by atoms with Crippen LogP contribution in [0.1, 0.15) is 55.2 Å². The standard InChI is InChI=1S/C33H40BrN3O4S/c1-25-10-8-15-30(22-25)37(42(2,40)41)21-9-16-32(38)36(24-27-17-19-28(34)20-18-27)31(23-26-11-4-3-5-12-26)33(39)35-29-13-6-7-14-29/h3-5,8,10-12,15,17-20,22,29,31H,6-7,9,13-14,16,21,23-24H2,1-2H3,(H,35,39). The summed E-state index contributed by atoms with van der Waals surface area (Å²) in [6.45, 7) is 2.35. The van der Waals surface area contributed by atoms with E-state index < -0.39 is 16.1 Å². The molecule has 7 nitrogen and oxygen atoms in total. The van der Waals surface area contributed by atoms with Gasteiger partial charge in [0, 0.05) is 36.4 Å². The zero-order chi connectivity index (χ0) is 30.1. The van der Waals surface area contributed by atoms with Crippen molar-refractivity contribution in [2.24, 2.45) is 0 Å². The van der Waals surface area contributed by atoms with Gasteiger partial charge in [0.05, 0.1) is 11.9 Å². The first-order valence-corrected chi connectivity index (χ1v) is 17.2. The summed E-state index contributed by atoms with van der Waals surface area (Å²) in [5.74, 6) is -0.327. The fourth-order valence-electron chi connectivity index (χ4n) is 5.49. The van der Waals surface area contributed by atoms with E-state index in [1.807, 2.05) is 79.7 Å². The molecule has 1 fully saturated rings. The van der Waals surface area contributed by atoms with Crippen LogP contribution in [0.15, 0.2) is 83.3 Å². The number of aryl methyl sites for hydroxylation is 1. The molecule has 42 heavy (non-hydrogen) atoms. The van der Waals surface area contributed by atoms with E-state index in [4.69, 9.17) is 0 Å². The number of sulfonamides is 1. The Morgan fingerprint density at radius 2 is 1.64 bits per heavy atom. The third-order valence-corrected chi connectivity index (χ3v) is 9.40. The first-order chi connectivity index (χ1) is 20.1. The molecule has 224 valence electrons. The van der Waals surface area contributed by atoms with Crippen molar-refractivity contribution < 1.29 is 18.0 Å². The van der Waals surface area contributed by atoms with Gasteiger partial charge in [-0.15, -0.1) is 0 Å². The molecule has 2 amide bonds. The van der Waals surface area contributed by atoms with Crippen LogP contribution in [-0.2, 0) is 32.6 Å². The predicted octanol–water partition coefficient (Wildman–Crippen LogP) is 6.00. The number of rotatable bonds is 13. The molecule has 1 saturated carbocycles. The number of halogens is 1. The second-order valence-electron chi connectivity index (χ2n) is 11.1. The minimum absolute atomic E-state index is 0.108. The van der Waals surface area contributed by atoms with Gasteiger partial charge in [-0.2, -0.15) is 0 Å². The van der Waals surface area contributed by atoms with Crippen molar-refractivity contribution in [3.05, 3.63) is 100 Å². The van der Waals surface area contributed by atoms with Crippen molar-refractivity contribution in [3.63, 3.8) is 0 Å². The normalized spacial score (nSPS) is 14.4. The monoisotopic (exact) mass is 653 g/mol. The summed E-state index contributed by atoms with van der Waals surface area (Å²) < 4.78 is 27.6. The van der Waals surface area contributed by atoms with Crippen molar-refractivity contribution in [1.82, 2.24) is 10.2 Å². The van der Waals surface area contributed by atoms with Gasteiger partial charge in [0.2, 0.25) is 21.8 Å². The average molecular weight is 655 g/mol. The molecule has 0 bridgehead atoms. The van der Waals surface area contributed by atoms with Crippen molar-refractivity contribution in [3.8, 4) is 0 Å². The van der Waals surface area contributed by atoms with E-state index in [-0.39, 0.29) is 37.4 Å². The molecule has 1 unspecified atom stereocenters. The first kappa shape index (κ1) is 31.8. The SMILES string of the molecule is Cc1cccc(N(CCCC(=O)N(Cc2ccc(Br)cc2)C(Cc2ccccc2)C(=O)NC2CCCC2)S(C)(=O)=O)c1. The Labute approximate surface area is 258 Å². The quantitative estimate of drug-likeness (QED) is 0.245. The lowest BCUT2D eigenvalue weighted by Crippen LogP contribution is -2.52. The molecule has 3 aromatic rings. The van der Waals surface area contributed by atoms with Gasteiger partial charge in [-0.05, 0) is 67.1 Å². The molecule has 4 rings (SSSR count). The number of benzene rings is 3. The van der Waals surface area contributed by atoms with Gasteiger partial charge in [-0.3, -0.25) is 13.9 Å². The Kier molecular flexibility index (Phi) is 11.2. The Morgan fingerprint density at radius 3 is 2.29 bits per heavy atom. The topological polar surface area (TPSA) is 86.8 Å². The Balaban J connectivity index is 1.58. The maximum atomic E-state index is 14.0. The maximum absolute atomic E-state index is 14.0. The molecule has 0 saturated heterocycles. The van der Waals surface area contributed by atoms with Crippen molar-refractivity contribution in [1.29, 1.82) is 0 Å². The molecule has 1 atom stereocenters. The van der Waals surface area contributed by atoms with Crippen LogP contribution >= 0.6 is 15.9 Å². The molecule has 1 aliphatic carbocycles. The largest absolute Gasteiger partial charge is 0.352 e. The van der Waals surface area contributed by atoms with Gasteiger partial charge >= 0.3 is 0 Å². The molecule has 0 aliphatic heterocycles. The third-order valence-electron chi connectivity index (χ3n) is 7.68. The van der Waals surface area contributed by atoms with Crippen molar-refractivity contribution in [2.75, 3.05) is 17.1 Å². The minimum atomic E-state index is -3.55. The zero-order valence-corrected chi connectivity index (χ0v) is 26.7. The highest BCUT2D eigenvalue weighted by molar-refractivity contribution is 9.10. The van der Waals surface area contributed by atoms with Crippen LogP contribution < -0.4 is 9.62 Å². The Morgan fingerprint density at radius 1 is 0.952 bits per heavy atom. The highest BCUT2D eigenvalue weighted by Gasteiger charge is 2.32. The number of amides is 2. The van der Waals surface area contributed by atoms with Gasteiger partial charge in [0.15, 0.2) is 0 Å². The van der Waals surface area contributed by atoms with E-state index in [2.05, 4.69) is 21.2 Å². The summed E-state index contributed by atoms with van der Waals surface area (Å²) >= 11 is 3.47. The highest BCUT2D eigenvalue weighted by atomic mass is 79.9. The molecule has 1 aliphatic rings. The van der Waals surface area contributed by atoms with Gasteiger partial charge in [-0.1, -0.05) is 83.4 Å². The summed E-state index contributed by atoms with van der Waals surface area (Å²) in [5, 5.41) is 3.22. The van der Waals surface area contributed by atoms with Crippen LogP contribution in [0.4, 0.5) is 5.69 Å². The molecule has 0 aromatic heterocycles. The van der Waals surface area contributed by atoms with E-state index in [1.54, 1.807) is 11.0 Å². The number of nitrogens with one attached hydrogen (secondary N) is 1. The van der Waals surface area contributed by atoms with Gasteiger partial charge in [0.25, 0.3) is 0 Å². The predicted molar refractivity (Wildman–Crippen MR) is 172 cm³/mol. The van der Waals surface area contributed by atoms with Crippen LogP contribution in [0.2, 0.25) is 0 Å². The fourth-order valence-corrected chi connectivity index (χ4v) is 6.72. The smallest absolute Gasteiger partial charge is 0.243 e. The van der Waals surface area contributed by atoms with E-state index in [0.717, 1.165) is 46.8 Å². The van der Waals surface area contributed by atoms with Crippen LogP contribution in [0.5, 0.6) is 0 Å². The van der Waals surface area contributed by atoms with E-state index >= 15 is 0 Å². The summed E-state index contributed by atoms with van der Waals surface area (Å²) in [5.41, 5.74) is 3.42. The molecular formula is C33H40BrN3O4S. The Bertz CT molecular complexity index is 1440. The van der Waals surface area contributed by atoms with Crippen molar-refractivity contribution in [2.45, 2.75) is 70.5 Å². The summed E-state index contributed by atoms with van der Waals surface area (Å²) in [7, 11) is -3.55. The van der Waals surface area contributed by atoms with Crippen LogP contribution in [-0.4, -0.2) is 50.0 Å². The first-order valence-electron chi connectivity index (χ1n) is 14.5. The number of carbonyl (C=O) groups excluding carboxylic acids is 2. The van der Waals surface area contributed by atoms with Crippen molar-refractivity contribution >= 4 is 43.5 Å². The van der Waals surface area contributed by atoms with Crippen LogP contribution in [0.25, 0.3) is 0 Å². The van der Waals surface area contributed by atoms with E-state index in [0.29, 0.717) is 18.5 Å². The number of hydrogen-bond acceptors (Lipinski definition) is 4. The molecule has 0 spiro atoms. The van der Waals surface area contributed by atoms with Crippen LogP contribution in [0, 0.1) is 6.92 Å². The molecule has 0 heterocycles. The Hall–Kier alpha value is -3.17. The summed E-state index contributed by atoms with van der Waals surface area (Å²) in [4.78, 5) is 29.5.